The number of benzene rings is 1. The summed E-state index contributed by atoms with van der Waals surface area (Å²) in [5.74, 6) is 2.27. The second-order valence-electron chi connectivity index (χ2n) is 6.31. The second-order valence-corrected chi connectivity index (χ2v) is 6.31. The van der Waals surface area contributed by atoms with E-state index in [9.17, 15) is 4.79 Å². The smallest absolute Gasteiger partial charge is 0.220 e. The molecule has 1 N–H and O–H groups in total. The number of carbonyl (C=O) groups is 1. The molecule has 0 aliphatic heterocycles. The molecule has 0 aliphatic rings. The average Bonchev–Trinajstić information content (AvgIpc) is 2.55. The maximum absolute atomic E-state index is 11.9. The Morgan fingerprint density at radius 3 is 2.39 bits per heavy atom. The van der Waals surface area contributed by atoms with Crippen LogP contribution >= 0.6 is 0 Å². The first kappa shape index (κ1) is 19.3. The third kappa shape index (κ3) is 7.91. The van der Waals surface area contributed by atoms with Gasteiger partial charge in [0, 0.05) is 13.0 Å². The van der Waals surface area contributed by atoms with E-state index in [1.54, 1.807) is 14.2 Å². The standard InChI is InChI=1S/C19H31NO3/c1-15(2)9-7-5-6-8-10-19(21)20-14-16-11-12-17(22-3)18(13-16)23-4/h11-13,15H,5-10,14H2,1-4H3,(H,20,21). The van der Waals surface area contributed by atoms with Gasteiger partial charge in [0.25, 0.3) is 0 Å². The Hall–Kier alpha value is -1.71. The van der Waals surface area contributed by atoms with Gasteiger partial charge >= 0.3 is 0 Å². The van der Waals surface area contributed by atoms with Crippen molar-refractivity contribution in [3.8, 4) is 11.5 Å². The molecule has 0 saturated carbocycles. The molecule has 1 amide bonds. The summed E-state index contributed by atoms with van der Waals surface area (Å²) >= 11 is 0. The molecule has 1 aromatic carbocycles. The molecule has 1 aromatic rings. The van der Waals surface area contributed by atoms with Gasteiger partial charge < -0.3 is 14.8 Å². The Morgan fingerprint density at radius 2 is 1.74 bits per heavy atom. The number of methoxy groups -OCH3 is 2. The van der Waals surface area contributed by atoms with Gasteiger partial charge in [0.1, 0.15) is 0 Å². The molecule has 0 fully saturated rings. The Balaban J connectivity index is 2.23. The SMILES string of the molecule is COc1ccc(CNC(=O)CCCCCCC(C)C)cc1OC. The summed E-state index contributed by atoms with van der Waals surface area (Å²) in [5, 5.41) is 2.96. The minimum absolute atomic E-state index is 0.114. The first-order chi connectivity index (χ1) is 11.1. The number of hydrogen-bond acceptors (Lipinski definition) is 3. The fourth-order valence-electron chi connectivity index (χ4n) is 2.47. The Labute approximate surface area is 140 Å². The Bertz CT molecular complexity index is 472. The van der Waals surface area contributed by atoms with Crippen molar-refractivity contribution in [1.82, 2.24) is 5.32 Å². The molecule has 0 unspecified atom stereocenters. The largest absolute Gasteiger partial charge is 0.493 e. The summed E-state index contributed by atoms with van der Waals surface area (Å²) in [6.45, 7) is 5.02. The first-order valence-corrected chi connectivity index (χ1v) is 8.54. The van der Waals surface area contributed by atoms with E-state index < -0.39 is 0 Å². The molecule has 0 aromatic heterocycles. The molecular formula is C19H31NO3. The monoisotopic (exact) mass is 321 g/mol. The molecule has 23 heavy (non-hydrogen) atoms. The van der Waals surface area contributed by atoms with Gasteiger partial charge in [-0.25, -0.2) is 0 Å². The zero-order chi connectivity index (χ0) is 17.1. The normalized spacial score (nSPS) is 10.7. The van der Waals surface area contributed by atoms with Crippen LogP contribution in [0.15, 0.2) is 18.2 Å². The van der Waals surface area contributed by atoms with Crippen LogP contribution < -0.4 is 14.8 Å². The molecule has 0 radical (unpaired) electrons. The molecule has 130 valence electrons. The predicted molar refractivity (Wildman–Crippen MR) is 93.9 cm³/mol. The van der Waals surface area contributed by atoms with Crippen LogP contribution in [-0.4, -0.2) is 20.1 Å². The molecule has 0 aliphatic carbocycles. The van der Waals surface area contributed by atoms with Gasteiger partial charge in [-0.15, -0.1) is 0 Å². The van der Waals surface area contributed by atoms with Crippen LogP contribution in [0.25, 0.3) is 0 Å². The van der Waals surface area contributed by atoms with Crippen LogP contribution in [0, 0.1) is 5.92 Å². The fourth-order valence-corrected chi connectivity index (χ4v) is 2.47. The summed E-state index contributed by atoms with van der Waals surface area (Å²) in [6, 6.07) is 5.69. The summed E-state index contributed by atoms with van der Waals surface area (Å²) in [6.07, 6.45) is 6.49. The molecule has 0 bridgehead atoms. The maximum atomic E-state index is 11.9. The van der Waals surface area contributed by atoms with Crippen molar-refractivity contribution in [3.05, 3.63) is 23.8 Å². The molecule has 0 atom stereocenters. The van der Waals surface area contributed by atoms with Gasteiger partial charge in [-0.3, -0.25) is 4.79 Å². The van der Waals surface area contributed by atoms with E-state index in [0.29, 0.717) is 24.5 Å². The molecule has 0 saturated heterocycles. The van der Waals surface area contributed by atoms with Gasteiger partial charge in [-0.1, -0.05) is 45.6 Å². The number of carbonyl (C=O) groups excluding carboxylic acids is 1. The van der Waals surface area contributed by atoms with Gasteiger partial charge in [-0.05, 0) is 30.0 Å². The van der Waals surface area contributed by atoms with E-state index in [2.05, 4.69) is 19.2 Å². The molecule has 0 spiro atoms. The van der Waals surface area contributed by atoms with E-state index in [4.69, 9.17) is 9.47 Å². The number of nitrogens with one attached hydrogen (secondary N) is 1. The molecule has 4 heteroatoms. The summed E-state index contributed by atoms with van der Waals surface area (Å²) in [4.78, 5) is 11.9. The zero-order valence-corrected chi connectivity index (χ0v) is 15.0. The number of amides is 1. The van der Waals surface area contributed by atoms with Crippen LogP contribution in [0.4, 0.5) is 0 Å². The summed E-state index contributed by atoms with van der Waals surface area (Å²) in [7, 11) is 3.22. The third-order valence-electron chi connectivity index (χ3n) is 3.87. The lowest BCUT2D eigenvalue weighted by Gasteiger charge is -2.10. The van der Waals surface area contributed by atoms with E-state index in [1.807, 2.05) is 18.2 Å². The number of ether oxygens (including phenoxy) is 2. The van der Waals surface area contributed by atoms with Gasteiger partial charge in [0.05, 0.1) is 14.2 Å². The second kappa shape index (κ2) is 10.9. The highest BCUT2D eigenvalue weighted by atomic mass is 16.5. The minimum Gasteiger partial charge on any atom is -0.493 e. The average molecular weight is 321 g/mol. The van der Waals surface area contributed by atoms with Crippen LogP contribution in [0.5, 0.6) is 11.5 Å². The van der Waals surface area contributed by atoms with Gasteiger partial charge in [0.2, 0.25) is 5.91 Å². The lowest BCUT2D eigenvalue weighted by atomic mass is 10.0. The number of rotatable bonds is 11. The maximum Gasteiger partial charge on any atom is 0.220 e. The lowest BCUT2D eigenvalue weighted by molar-refractivity contribution is -0.121. The highest BCUT2D eigenvalue weighted by Gasteiger charge is 2.06. The highest BCUT2D eigenvalue weighted by Crippen LogP contribution is 2.27. The Morgan fingerprint density at radius 1 is 1.04 bits per heavy atom. The molecule has 1 rings (SSSR count). The van der Waals surface area contributed by atoms with Crippen LogP contribution in [-0.2, 0) is 11.3 Å². The van der Waals surface area contributed by atoms with Gasteiger partial charge in [0.15, 0.2) is 11.5 Å². The van der Waals surface area contributed by atoms with Crippen LogP contribution in [0.1, 0.15) is 57.9 Å². The van der Waals surface area contributed by atoms with Crippen molar-refractivity contribution in [1.29, 1.82) is 0 Å². The topological polar surface area (TPSA) is 47.6 Å². The predicted octanol–water partition coefficient (Wildman–Crippen LogP) is 4.32. The number of hydrogen-bond donors (Lipinski definition) is 1. The highest BCUT2D eigenvalue weighted by molar-refractivity contribution is 5.75. The minimum atomic E-state index is 0.114. The van der Waals surface area contributed by atoms with Crippen molar-refractivity contribution < 1.29 is 14.3 Å². The molecule has 4 nitrogen and oxygen atoms in total. The summed E-state index contributed by atoms with van der Waals surface area (Å²) in [5.41, 5.74) is 1.01. The molecule has 0 heterocycles. The zero-order valence-electron chi connectivity index (χ0n) is 15.0. The lowest BCUT2D eigenvalue weighted by Crippen LogP contribution is -2.22. The van der Waals surface area contributed by atoms with E-state index in [-0.39, 0.29) is 5.91 Å². The third-order valence-corrected chi connectivity index (χ3v) is 3.87. The van der Waals surface area contributed by atoms with Crippen molar-refractivity contribution in [3.63, 3.8) is 0 Å². The summed E-state index contributed by atoms with van der Waals surface area (Å²) < 4.78 is 10.5. The van der Waals surface area contributed by atoms with Crippen LogP contribution in [0.2, 0.25) is 0 Å². The van der Waals surface area contributed by atoms with E-state index >= 15 is 0 Å². The first-order valence-electron chi connectivity index (χ1n) is 8.54. The molecular weight excluding hydrogens is 290 g/mol. The van der Waals surface area contributed by atoms with Crippen LogP contribution in [0.3, 0.4) is 0 Å². The van der Waals surface area contributed by atoms with Crippen molar-refractivity contribution in [2.45, 2.75) is 58.9 Å². The number of unbranched alkanes of at least 4 members (excludes halogenated alkanes) is 3. The van der Waals surface area contributed by atoms with E-state index in [1.165, 1.54) is 19.3 Å². The van der Waals surface area contributed by atoms with Crippen molar-refractivity contribution in [2.75, 3.05) is 14.2 Å². The van der Waals surface area contributed by atoms with Crippen molar-refractivity contribution in [2.24, 2.45) is 5.92 Å². The fraction of sp³-hybridized carbons (Fsp3) is 0.632. The Kier molecular flexibility index (Phi) is 9.18. The van der Waals surface area contributed by atoms with Crippen molar-refractivity contribution >= 4 is 5.91 Å². The van der Waals surface area contributed by atoms with Gasteiger partial charge in [-0.2, -0.15) is 0 Å². The van der Waals surface area contributed by atoms with E-state index in [0.717, 1.165) is 24.3 Å². The quantitative estimate of drug-likeness (QED) is 0.618.